The second-order valence-electron chi connectivity index (χ2n) is 5.84. The fourth-order valence-corrected chi connectivity index (χ4v) is 2.29. The molecule has 0 unspecified atom stereocenters. The lowest BCUT2D eigenvalue weighted by molar-refractivity contribution is -0.118. The van der Waals surface area contributed by atoms with Crippen molar-refractivity contribution in [2.75, 3.05) is 5.32 Å². The Morgan fingerprint density at radius 1 is 1.25 bits per heavy atom. The molecule has 3 rings (SSSR count). The third kappa shape index (κ3) is 2.90. The molecule has 0 aliphatic heterocycles. The van der Waals surface area contributed by atoms with Crippen molar-refractivity contribution in [2.45, 2.75) is 32.7 Å². The van der Waals surface area contributed by atoms with E-state index in [1.165, 1.54) is 10.9 Å². The first kappa shape index (κ1) is 15.9. The quantitative estimate of drug-likeness (QED) is 0.761. The van der Waals surface area contributed by atoms with Crippen LogP contribution in [0, 0.1) is 0 Å². The molecule has 0 saturated heterocycles. The van der Waals surface area contributed by atoms with Crippen LogP contribution in [0.3, 0.4) is 0 Å². The Hall–Kier alpha value is -3.03. The molecule has 3 aromatic rings. The largest absolute Gasteiger partial charge is 0.291 e. The highest BCUT2D eigenvalue weighted by atomic mass is 16.2. The lowest BCUT2D eigenvalue weighted by Gasteiger charge is -2.13. The molecule has 0 spiro atoms. The molecule has 1 atom stereocenters. The normalized spacial score (nSPS) is 12.5. The predicted molar refractivity (Wildman–Crippen MR) is 89.8 cm³/mol. The zero-order valence-electron chi connectivity index (χ0n) is 13.6. The Labute approximate surface area is 137 Å². The van der Waals surface area contributed by atoms with Crippen LogP contribution in [0.5, 0.6) is 0 Å². The van der Waals surface area contributed by atoms with Crippen LogP contribution >= 0.6 is 0 Å². The molecule has 0 aliphatic rings. The van der Waals surface area contributed by atoms with E-state index in [9.17, 15) is 9.59 Å². The molecule has 2 N–H and O–H groups in total. The zero-order valence-corrected chi connectivity index (χ0v) is 13.6. The molecule has 24 heavy (non-hydrogen) atoms. The van der Waals surface area contributed by atoms with E-state index in [1.54, 1.807) is 25.1 Å². The number of para-hydroxylation sites is 1. The van der Waals surface area contributed by atoms with Gasteiger partial charge in [-0.15, -0.1) is 5.10 Å². The maximum Gasteiger partial charge on any atom is 0.261 e. The van der Waals surface area contributed by atoms with E-state index in [0.29, 0.717) is 16.7 Å². The monoisotopic (exact) mass is 326 g/mol. The van der Waals surface area contributed by atoms with Crippen molar-refractivity contribution in [3.63, 3.8) is 0 Å². The number of carbonyl (C=O) groups excluding carboxylic acids is 1. The minimum Gasteiger partial charge on any atom is -0.291 e. The highest BCUT2D eigenvalue weighted by molar-refractivity contribution is 5.92. The number of hydrogen-bond acceptors (Lipinski definition) is 5. The summed E-state index contributed by atoms with van der Waals surface area (Å²) in [5.41, 5.74) is 0.336. The smallest absolute Gasteiger partial charge is 0.261 e. The van der Waals surface area contributed by atoms with E-state index in [4.69, 9.17) is 0 Å². The lowest BCUT2D eigenvalue weighted by atomic mass is 10.2. The van der Waals surface area contributed by atoms with E-state index < -0.39 is 6.04 Å². The molecule has 1 aromatic carbocycles. The Balaban J connectivity index is 1.85. The van der Waals surface area contributed by atoms with Gasteiger partial charge in [0.05, 0.1) is 17.2 Å². The number of H-pyrrole nitrogens is 1. The fourth-order valence-electron chi connectivity index (χ4n) is 2.29. The van der Waals surface area contributed by atoms with Crippen LogP contribution in [0.2, 0.25) is 0 Å². The highest BCUT2D eigenvalue weighted by Crippen LogP contribution is 2.12. The highest BCUT2D eigenvalue weighted by Gasteiger charge is 2.19. The fraction of sp³-hybridized carbons (Fsp3) is 0.312. The van der Waals surface area contributed by atoms with Crippen molar-refractivity contribution in [2.24, 2.45) is 0 Å². The molecule has 0 saturated carbocycles. The number of aromatic amines is 1. The van der Waals surface area contributed by atoms with Crippen LogP contribution < -0.4 is 10.9 Å². The van der Waals surface area contributed by atoms with Crippen molar-refractivity contribution in [3.8, 4) is 0 Å². The Morgan fingerprint density at radius 3 is 2.71 bits per heavy atom. The molecular formula is C16H18N6O2. The van der Waals surface area contributed by atoms with E-state index in [-0.39, 0.29) is 23.3 Å². The van der Waals surface area contributed by atoms with Crippen LogP contribution in [0.4, 0.5) is 5.95 Å². The average Bonchev–Trinajstić information content (AvgIpc) is 3.03. The summed E-state index contributed by atoms with van der Waals surface area (Å²) in [5.74, 6) is 0.663. The third-order valence-electron chi connectivity index (χ3n) is 3.77. The summed E-state index contributed by atoms with van der Waals surface area (Å²) in [7, 11) is 0. The first-order chi connectivity index (χ1) is 11.5. The van der Waals surface area contributed by atoms with Gasteiger partial charge in [0.25, 0.3) is 5.56 Å². The molecule has 0 aliphatic carbocycles. The van der Waals surface area contributed by atoms with Gasteiger partial charge in [-0.25, -0.2) is 4.98 Å². The first-order valence-electron chi connectivity index (χ1n) is 7.66. The molecule has 0 radical (unpaired) electrons. The summed E-state index contributed by atoms with van der Waals surface area (Å²) < 4.78 is 1.30. The summed E-state index contributed by atoms with van der Waals surface area (Å²) in [5, 5.41) is 9.81. The van der Waals surface area contributed by atoms with Gasteiger partial charge in [0.15, 0.2) is 0 Å². The second-order valence-corrected chi connectivity index (χ2v) is 5.84. The third-order valence-corrected chi connectivity index (χ3v) is 3.77. The maximum absolute atomic E-state index is 12.5. The minimum atomic E-state index is -0.740. The van der Waals surface area contributed by atoms with Gasteiger partial charge in [0.1, 0.15) is 11.9 Å². The number of nitrogens with zero attached hydrogens (tertiary/aromatic N) is 4. The Bertz CT molecular complexity index is 943. The number of fused-ring (bicyclic) bond motifs is 1. The van der Waals surface area contributed by atoms with Crippen LogP contribution in [0.15, 0.2) is 35.4 Å². The number of amides is 1. The molecule has 2 heterocycles. The number of rotatable bonds is 4. The number of aromatic nitrogens is 5. The van der Waals surface area contributed by atoms with Crippen LogP contribution in [-0.2, 0) is 4.79 Å². The molecule has 0 bridgehead atoms. The molecule has 2 aromatic heterocycles. The van der Waals surface area contributed by atoms with E-state index in [0.717, 1.165) is 0 Å². The second kappa shape index (κ2) is 6.23. The van der Waals surface area contributed by atoms with Crippen molar-refractivity contribution < 1.29 is 4.79 Å². The van der Waals surface area contributed by atoms with Crippen LogP contribution in [0.25, 0.3) is 10.9 Å². The standard InChI is InChI=1S/C16H18N6O2/c1-9(2)13-18-16(21-20-13)19-14(23)10(3)22-8-17-12-7-5-4-6-11(12)15(22)24/h4-10H,1-3H3,(H2,18,19,20,21,23)/t10-/m1/s1. The topological polar surface area (TPSA) is 106 Å². The number of anilines is 1. The number of benzene rings is 1. The van der Waals surface area contributed by atoms with Crippen molar-refractivity contribution in [1.29, 1.82) is 0 Å². The van der Waals surface area contributed by atoms with Gasteiger partial charge >= 0.3 is 0 Å². The van der Waals surface area contributed by atoms with Gasteiger partial charge in [0.2, 0.25) is 11.9 Å². The van der Waals surface area contributed by atoms with Gasteiger partial charge in [0, 0.05) is 5.92 Å². The number of carbonyl (C=O) groups is 1. The van der Waals surface area contributed by atoms with Gasteiger partial charge in [-0.2, -0.15) is 4.98 Å². The number of nitrogens with one attached hydrogen (secondary N) is 2. The van der Waals surface area contributed by atoms with Crippen LogP contribution in [-0.4, -0.2) is 30.6 Å². The summed E-state index contributed by atoms with van der Waals surface area (Å²) in [6, 6.07) is 6.28. The predicted octanol–water partition coefficient (Wildman–Crippen LogP) is 1.84. The van der Waals surface area contributed by atoms with Crippen molar-refractivity contribution in [1.82, 2.24) is 24.7 Å². The van der Waals surface area contributed by atoms with Gasteiger partial charge in [-0.05, 0) is 19.1 Å². The molecular weight excluding hydrogens is 308 g/mol. The zero-order chi connectivity index (χ0) is 17.3. The Kier molecular flexibility index (Phi) is 4.11. The molecule has 8 heteroatoms. The SMILES string of the molecule is CC(C)c1nc(NC(=O)[C@@H](C)n2cnc3ccccc3c2=O)n[nH]1. The van der Waals surface area contributed by atoms with Gasteiger partial charge < -0.3 is 0 Å². The minimum absolute atomic E-state index is 0.174. The van der Waals surface area contributed by atoms with Crippen molar-refractivity contribution >= 4 is 22.8 Å². The molecule has 124 valence electrons. The molecule has 1 amide bonds. The summed E-state index contributed by atoms with van der Waals surface area (Å²) in [4.78, 5) is 33.3. The summed E-state index contributed by atoms with van der Waals surface area (Å²) in [6.07, 6.45) is 1.38. The van der Waals surface area contributed by atoms with Gasteiger partial charge in [-0.1, -0.05) is 26.0 Å². The van der Waals surface area contributed by atoms with Crippen LogP contribution in [0.1, 0.15) is 38.6 Å². The van der Waals surface area contributed by atoms with E-state index in [1.807, 2.05) is 19.9 Å². The van der Waals surface area contributed by atoms with Crippen molar-refractivity contribution in [3.05, 3.63) is 46.8 Å². The number of hydrogen-bond donors (Lipinski definition) is 2. The molecule has 8 nitrogen and oxygen atoms in total. The van der Waals surface area contributed by atoms with Gasteiger partial charge in [-0.3, -0.25) is 24.6 Å². The Morgan fingerprint density at radius 2 is 2.00 bits per heavy atom. The maximum atomic E-state index is 12.5. The van der Waals surface area contributed by atoms with E-state index in [2.05, 4.69) is 25.5 Å². The lowest BCUT2D eigenvalue weighted by Crippen LogP contribution is -2.32. The average molecular weight is 326 g/mol. The summed E-state index contributed by atoms with van der Waals surface area (Å²) in [6.45, 7) is 5.56. The first-order valence-corrected chi connectivity index (χ1v) is 7.66. The molecule has 0 fully saturated rings. The van der Waals surface area contributed by atoms with E-state index >= 15 is 0 Å². The summed E-state index contributed by atoms with van der Waals surface area (Å²) >= 11 is 0.